The van der Waals surface area contributed by atoms with E-state index in [2.05, 4.69) is 16.0 Å². The lowest BCUT2D eigenvalue weighted by molar-refractivity contribution is 0.852. The molecular formula is C9H11N3OS. The lowest BCUT2D eigenvalue weighted by Gasteiger charge is -2.01. The first-order valence-electron chi connectivity index (χ1n) is 4.22. The highest BCUT2D eigenvalue weighted by Crippen LogP contribution is 2.14. The number of H-pyrrole nitrogens is 1. The maximum absolute atomic E-state index is 11.2. The predicted octanol–water partition coefficient (Wildman–Crippen LogP) is 1.33. The van der Waals surface area contributed by atoms with Gasteiger partial charge in [0, 0.05) is 17.5 Å². The summed E-state index contributed by atoms with van der Waals surface area (Å²) < 4.78 is 0. The minimum absolute atomic E-state index is 0.0356. The van der Waals surface area contributed by atoms with Crippen LogP contribution in [0.15, 0.2) is 16.1 Å². The number of aromatic nitrogens is 2. The van der Waals surface area contributed by atoms with Crippen LogP contribution in [0.3, 0.4) is 0 Å². The van der Waals surface area contributed by atoms with Crippen LogP contribution >= 0.6 is 11.8 Å². The molecule has 0 spiro atoms. The molecule has 0 saturated carbocycles. The van der Waals surface area contributed by atoms with Gasteiger partial charge in [-0.05, 0) is 13.8 Å². The summed E-state index contributed by atoms with van der Waals surface area (Å²) in [6.45, 7) is 3.54. The second kappa shape index (κ2) is 4.82. The molecule has 0 aliphatic carbocycles. The average Bonchev–Trinajstić information content (AvgIpc) is 2.19. The van der Waals surface area contributed by atoms with E-state index in [0.29, 0.717) is 16.5 Å². The molecule has 0 saturated heterocycles. The Bertz CT molecular complexity index is 407. The Hall–Kier alpha value is -1.28. The number of hydrogen-bond donors (Lipinski definition) is 1. The highest BCUT2D eigenvalue weighted by Gasteiger charge is 2.03. The Balaban J connectivity index is 2.66. The summed E-state index contributed by atoms with van der Waals surface area (Å²) in [7, 11) is 0. The molecule has 0 aliphatic rings. The third-order valence-corrected chi connectivity index (χ3v) is 2.79. The zero-order chi connectivity index (χ0) is 10.6. The third kappa shape index (κ3) is 2.89. The van der Waals surface area contributed by atoms with Gasteiger partial charge in [-0.3, -0.25) is 4.79 Å². The Morgan fingerprint density at radius 1 is 1.79 bits per heavy atom. The predicted molar refractivity (Wildman–Crippen MR) is 55.1 cm³/mol. The summed E-state index contributed by atoms with van der Waals surface area (Å²) in [6, 6.07) is 2.12. The largest absolute Gasteiger partial charge is 0.301 e. The Morgan fingerprint density at radius 2 is 2.50 bits per heavy atom. The number of nitrogens with one attached hydrogen (secondary N) is 1. The molecule has 74 valence electrons. The van der Waals surface area contributed by atoms with Crippen molar-refractivity contribution in [2.75, 3.05) is 5.75 Å². The number of rotatable bonds is 3. The van der Waals surface area contributed by atoms with E-state index >= 15 is 0 Å². The first-order valence-corrected chi connectivity index (χ1v) is 5.20. The standard InChI is InChI=1S/C9H11N3OS/c1-6(3-10)5-14-9-11-4-7(2)8(13)12-9/h4,6H,5H2,1-2H3,(H,11,12,13). The topological polar surface area (TPSA) is 69.5 Å². The quantitative estimate of drug-likeness (QED) is 0.602. The highest BCUT2D eigenvalue weighted by atomic mass is 32.2. The molecule has 1 heterocycles. The van der Waals surface area contributed by atoms with Crippen molar-refractivity contribution in [2.24, 2.45) is 5.92 Å². The van der Waals surface area contributed by atoms with Crippen molar-refractivity contribution in [2.45, 2.75) is 19.0 Å². The van der Waals surface area contributed by atoms with Crippen LogP contribution in [0.25, 0.3) is 0 Å². The molecule has 0 aromatic carbocycles. The van der Waals surface area contributed by atoms with Gasteiger partial charge < -0.3 is 4.98 Å². The molecule has 1 rings (SSSR count). The minimum atomic E-state index is -0.118. The van der Waals surface area contributed by atoms with Gasteiger partial charge >= 0.3 is 0 Å². The smallest absolute Gasteiger partial charge is 0.254 e. The van der Waals surface area contributed by atoms with Gasteiger partial charge in [-0.1, -0.05) is 11.8 Å². The molecule has 0 fully saturated rings. The molecule has 0 amide bonds. The zero-order valence-corrected chi connectivity index (χ0v) is 8.89. The van der Waals surface area contributed by atoms with Gasteiger partial charge in [-0.2, -0.15) is 5.26 Å². The second-order valence-electron chi connectivity index (χ2n) is 3.04. The fourth-order valence-corrected chi connectivity index (χ4v) is 1.53. The van der Waals surface area contributed by atoms with E-state index < -0.39 is 0 Å². The fourth-order valence-electron chi connectivity index (χ4n) is 0.757. The zero-order valence-electron chi connectivity index (χ0n) is 8.07. The number of aromatic amines is 1. The van der Waals surface area contributed by atoms with Crippen LogP contribution in [0.5, 0.6) is 0 Å². The van der Waals surface area contributed by atoms with E-state index in [1.54, 1.807) is 6.92 Å². The van der Waals surface area contributed by atoms with E-state index in [1.165, 1.54) is 18.0 Å². The summed E-state index contributed by atoms with van der Waals surface area (Å²) in [5.74, 6) is 0.606. The van der Waals surface area contributed by atoms with Crippen molar-refractivity contribution < 1.29 is 0 Å². The molecule has 0 bridgehead atoms. The van der Waals surface area contributed by atoms with Crippen LogP contribution < -0.4 is 5.56 Å². The van der Waals surface area contributed by atoms with Crippen LogP contribution in [0, 0.1) is 24.2 Å². The van der Waals surface area contributed by atoms with E-state index in [1.807, 2.05) is 6.92 Å². The van der Waals surface area contributed by atoms with Crippen molar-refractivity contribution in [3.63, 3.8) is 0 Å². The Morgan fingerprint density at radius 3 is 3.07 bits per heavy atom. The summed E-state index contributed by atoms with van der Waals surface area (Å²) in [5, 5.41) is 9.13. The van der Waals surface area contributed by atoms with E-state index in [-0.39, 0.29) is 11.5 Å². The first kappa shape index (κ1) is 10.8. The van der Waals surface area contributed by atoms with Gasteiger partial charge in [0.1, 0.15) is 0 Å². The molecule has 1 aromatic heterocycles. The molecule has 1 N–H and O–H groups in total. The van der Waals surface area contributed by atoms with Gasteiger partial charge in [-0.15, -0.1) is 0 Å². The SMILES string of the molecule is Cc1cnc(SCC(C)C#N)[nH]c1=O. The average molecular weight is 209 g/mol. The normalized spacial score (nSPS) is 12.1. The number of nitriles is 1. The van der Waals surface area contributed by atoms with Crippen LogP contribution in [0.4, 0.5) is 0 Å². The molecule has 1 atom stereocenters. The molecule has 1 unspecified atom stereocenters. The summed E-state index contributed by atoms with van der Waals surface area (Å²) in [5.41, 5.74) is 0.481. The van der Waals surface area contributed by atoms with E-state index in [4.69, 9.17) is 5.26 Å². The number of thioether (sulfide) groups is 1. The van der Waals surface area contributed by atoms with Crippen LogP contribution in [0.1, 0.15) is 12.5 Å². The summed E-state index contributed by atoms with van der Waals surface area (Å²) in [4.78, 5) is 17.9. The van der Waals surface area contributed by atoms with Crippen molar-refractivity contribution >= 4 is 11.8 Å². The van der Waals surface area contributed by atoms with Crippen LogP contribution in [-0.4, -0.2) is 15.7 Å². The maximum Gasteiger partial charge on any atom is 0.254 e. The van der Waals surface area contributed by atoms with E-state index in [9.17, 15) is 4.79 Å². The molecule has 0 radical (unpaired) electrons. The Labute approximate surface area is 86.4 Å². The molecule has 5 heteroatoms. The molecule has 0 aliphatic heterocycles. The van der Waals surface area contributed by atoms with Gasteiger partial charge in [0.2, 0.25) is 0 Å². The third-order valence-electron chi connectivity index (χ3n) is 1.64. The maximum atomic E-state index is 11.2. The summed E-state index contributed by atoms with van der Waals surface area (Å²) in [6.07, 6.45) is 1.54. The number of nitrogens with zero attached hydrogens (tertiary/aromatic N) is 2. The van der Waals surface area contributed by atoms with Gasteiger partial charge in [-0.25, -0.2) is 4.98 Å². The molecule has 4 nitrogen and oxygen atoms in total. The monoisotopic (exact) mass is 209 g/mol. The number of hydrogen-bond acceptors (Lipinski definition) is 4. The summed E-state index contributed by atoms with van der Waals surface area (Å²) >= 11 is 1.39. The second-order valence-corrected chi connectivity index (χ2v) is 4.05. The van der Waals surface area contributed by atoms with Crippen molar-refractivity contribution in [3.8, 4) is 6.07 Å². The van der Waals surface area contributed by atoms with Gasteiger partial charge in [0.15, 0.2) is 5.16 Å². The molecule has 14 heavy (non-hydrogen) atoms. The van der Waals surface area contributed by atoms with Crippen LogP contribution in [0.2, 0.25) is 0 Å². The van der Waals surface area contributed by atoms with Crippen LogP contribution in [-0.2, 0) is 0 Å². The van der Waals surface area contributed by atoms with Crippen molar-refractivity contribution in [1.29, 1.82) is 5.26 Å². The minimum Gasteiger partial charge on any atom is -0.301 e. The Kier molecular flexibility index (Phi) is 3.72. The fraction of sp³-hybridized carbons (Fsp3) is 0.444. The van der Waals surface area contributed by atoms with Crippen molar-refractivity contribution in [1.82, 2.24) is 9.97 Å². The van der Waals surface area contributed by atoms with E-state index in [0.717, 1.165) is 0 Å². The van der Waals surface area contributed by atoms with Gasteiger partial charge in [0.25, 0.3) is 5.56 Å². The lowest BCUT2D eigenvalue weighted by Crippen LogP contribution is -2.11. The molecule has 1 aromatic rings. The van der Waals surface area contributed by atoms with Gasteiger partial charge in [0.05, 0.1) is 12.0 Å². The lowest BCUT2D eigenvalue weighted by atomic mass is 10.3. The number of aryl methyl sites for hydroxylation is 1. The van der Waals surface area contributed by atoms with Crippen molar-refractivity contribution in [3.05, 3.63) is 22.1 Å². The highest BCUT2D eigenvalue weighted by molar-refractivity contribution is 7.99. The molecular weight excluding hydrogens is 198 g/mol. The first-order chi connectivity index (χ1) is 6.63.